The van der Waals surface area contributed by atoms with Gasteiger partial charge in [0.1, 0.15) is 11.6 Å². The van der Waals surface area contributed by atoms with Crippen molar-refractivity contribution in [1.29, 1.82) is 0 Å². The lowest BCUT2D eigenvalue weighted by molar-refractivity contribution is -0.0171. The summed E-state index contributed by atoms with van der Waals surface area (Å²) in [5.74, 6) is 1.88. The highest BCUT2D eigenvalue weighted by atomic mass is 32.2. The largest absolute Gasteiger partial charge is 0.467 e. The van der Waals surface area contributed by atoms with Gasteiger partial charge in [0.15, 0.2) is 17.8 Å². The zero-order valence-corrected chi connectivity index (χ0v) is 16.9. The van der Waals surface area contributed by atoms with Gasteiger partial charge in [-0.05, 0) is 31.0 Å². The molecular weight excluding hydrogens is 403 g/mol. The Kier molecular flexibility index (Phi) is 4.28. The monoisotopic (exact) mass is 422 g/mol. The van der Waals surface area contributed by atoms with E-state index in [1.165, 1.54) is 12.1 Å². The van der Waals surface area contributed by atoms with E-state index in [4.69, 9.17) is 9.47 Å². The van der Waals surface area contributed by atoms with Crippen LogP contribution in [0.25, 0.3) is 22.3 Å². The molecule has 0 amide bonds. The summed E-state index contributed by atoms with van der Waals surface area (Å²) in [6, 6.07) is 11.6. The molecule has 0 unspecified atom stereocenters. The van der Waals surface area contributed by atoms with Gasteiger partial charge in [-0.3, -0.25) is 4.57 Å². The van der Waals surface area contributed by atoms with Gasteiger partial charge in [-0.1, -0.05) is 30.0 Å². The van der Waals surface area contributed by atoms with Crippen molar-refractivity contribution >= 4 is 22.7 Å². The Labute approximate surface area is 176 Å². The Bertz CT molecular complexity index is 1250. The van der Waals surface area contributed by atoms with E-state index in [0.29, 0.717) is 18.4 Å². The standard InChI is InChI=1S/C22H19FN4O2S/c23-15-7-13-10-28-12-29-20(13)14(8-15)11-30-22-26-25-21(27(22)16-5-6-16)18-9-24-19-4-2-1-3-17(18)19/h1-4,7-9,16,24H,5-6,10-12H2. The molecule has 0 atom stereocenters. The molecule has 0 radical (unpaired) electrons. The van der Waals surface area contributed by atoms with Crippen LogP contribution < -0.4 is 4.74 Å². The van der Waals surface area contributed by atoms with Crippen LogP contribution in [-0.4, -0.2) is 26.5 Å². The van der Waals surface area contributed by atoms with Crippen molar-refractivity contribution < 1.29 is 13.9 Å². The lowest BCUT2D eigenvalue weighted by Crippen LogP contribution is -2.13. The molecule has 0 saturated heterocycles. The number of hydrogen-bond acceptors (Lipinski definition) is 5. The molecule has 2 aliphatic rings. The summed E-state index contributed by atoms with van der Waals surface area (Å²) in [7, 11) is 0. The minimum Gasteiger partial charge on any atom is -0.467 e. The molecule has 1 saturated carbocycles. The van der Waals surface area contributed by atoms with Crippen LogP contribution in [0.3, 0.4) is 0 Å². The van der Waals surface area contributed by atoms with Crippen LogP contribution in [0.15, 0.2) is 47.8 Å². The Morgan fingerprint density at radius 3 is 3.00 bits per heavy atom. The van der Waals surface area contributed by atoms with Crippen molar-refractivity contribution in [3.05, 3.63) is 59.5 Å². The third kappa shape index (κ3) is 3.07. The third-order valence-corrected chi connectivity index (χ3v) is 6.51. The molecule has 0 spiro atoms. The topological polar surface area (TPSA) is 65.0 Å². The summed E-state index contributed by atoms with van der Waals surface area (Å²) in [6.45, 7) is 0.562. The molecule has 1 fully saturated rings. The van der Waals surface area contributed by atoms with E-state index in [0.717, 1.165) is 57.2 Å². The molecule has 2 aromatic carbocycles. The molecule has 1 aliphatic carbocycles. The zero-order chi connectivity index (χ0) is 20.1. The van der Waals surface area contributed by atoms with Crippen LogP contribution in [0.1, 0.15) is 30.0 Å². The van der Waals surface area contributed by atoms with Gasteiger partial charge in [0.25, 0.3) is 0 Å². The number of hydrogen-bond donors (Lipinski definition) is 1. The fourth-order valence-corrected chi connectivity index (χ4v) is 4.96. The second-order valence-corrected chi connectivity index (χ2v) is 8.55. The quantitative estimate of drug-likeness (QED) is 0.456. The lowest BCUT2D eigenvalue weighted by atomic mass is 10.1. The lowest BCUT2D eigenvalue weighted by Gasteiger charge is -2.20. The number of rotatable bonds is 5. The summed E-state index contributed by atoms with van der Waals surface area (Å²) in [4.78, 5) is 3.32. The SMILES string of the molecule is Fc1cc2c(c(CSc3nnc(-c4c[nH]c5ccccc45)n3C3CC3)c1)OCOC2. The van der Waals surface area contributed by atoms with E-state index < -0.39 is 0 Å². The van der Waals surface area contributed by atoms with Gasteiger partial charge in [0.05, 0.1) is 6.61 Å². The van der Waals surface area contributed by atoms with Gasteiger partial charge in [-0.25, -0.2) is 4.39 Å². The van der Waals surface area contributed by atoms with Gasteiger partial charge in [0.2, 0.25) is 0 Å². The van der Waals surface area contributed by atoms with Crippen LogP contribution in [0.4, 0.5) is 4.39 Å². The van der Waals surface area contributed by atoms with Crippen LogP contribution >= 0.6 is 11.8 Å². The van der Waals surface area contributed by atoms with Crippen molar-refractivity contribution in [3.63, 3.8) is 0 Å². The molecule has 0 bridgehead atoms. The molecule has 1 aliphatic heterocycles. The first-order valence-electron chi connectivity index (χ1n) is 9.94. The van der Waals surface area contributed by atoms with Gasteiger partial charge >= 0.3 is 0 Å². The highest BCUT2D eigenvalue weighted by molar-refractivity contribution is 7.98. The number of para-hydroxylation sites is 1. The van der Waals surface area contributed by atoms with E-state index in [1.54, 1.807) is 11.8 Å². The van der Waals surface area contributed by atoms with E-state index in [-0.39, 0.29) is 12.6 Å². The second kappa shape index (κ2) is 7.14. The van der Waals surface area contributed by atoms with Gasteiger partial charge < -0.3 is 14.5 Å². The number of aromatic amines is 1. The van der Waals surface area contributed by atoms with Crippen LogP contribution in [0.5, 0.6) is 5.75 Å². The van der Waals surface area contributed by atoms with Gasteiger partial charge in [0, 0.05) is 45.6 Å². The highest BCUT2D eigenvalue weighted by Crippen LogP contribution is 2.43. The molecular formula is C22H19FN4O2S. The molecule has 30 heavy (non-hydrogen) atoms. The van der Waals surface area contributed by atoms with Crippen molar-refractivity contribution in [2.75, 3.05) is 6.79 Å². The normalized spacial score (nSPS) is 15.9. The van der Waals surface area contributed by atoms with E-state index >= 15 is 0 Å². The number of aromatic nitrogens is 4. The van der Waals surface area contributed by atoms with Crippen LogP contribution in [0.2, 0.25) is 0 Å². The van der Waals surface area contributed by atoms with Crippen molar-refractivity contribution in [2.45, 2.75) is 36.4 Å². The van der Waals surface area contributed by atoms with E-state index in [9.17, 15) is 4.39 Å². The van der Waals surface area contributed by atoms with Gasteiger partial charge in [-0.15, -0.1) is 10.2 Å². The Hall–Kier alpha value is -2.84. The second-order valence-electron chi connectivity index (χ2n) is 7.61. The van der Waals surface area contributed by atoms with Crippen LogP contribution in [-0.2, 0) is 17.1 Å². The Morgan fingerprint density at radius 1 is 1.20 bits per heavy atom. The average Bonchev–Trinajstić information content (AvgIpc) is 3.38. The number of benzene rings is 2. The Balaban J connectivity index is 1.35. The number of ether oxygens (including phenoxy) is 2. The molecule has 3 heterocycles. The fourth-order valence-electron chi connectivity index (χ4n) is 3.98. The maximum absolute atomic E-state index is 14.1. The van der Waals surface area contributed by atoms with Crippen molar-refractivity contribution in [1.82, 2.24) is 19.7 Å². The smallest absolute Gasteiger partial charge is 0.192 e. The molecule has 8 heteroatoms. The molecule has 4 aromatic rings. The number of fused-ring (bicyclic) bond motifs is 2. The number of thioether (sulfide) groups is 1. The number of nitrogens with zero attached hydrogens (tertiary/aromatic N) is 3. The summed E-state index contributed by atoms with van der Waals surface area (Å²) in [6.07, 6.45) is 4.24. The molecule has 152 valence electrons. The summed E-state index contributed by atoms with van der Waals surface area (Å²) < 4.78 is 27.2. The highest BCUT2D eigenvalue weighted by Gasteiger charge is 2.31. The molecule has 1 N–H and O–H groups in total. The van der Waals surface area contributed by atoms with E-state index in [2.05, 4.69) is 31.9 Å². The minimum atomic E-state index is -0.276. The predicted octanol–water partition coefficient (Wildman–Crippen LogP) is 5.06. The third-order valence-electron chi connectivity index (χ3n) is 5.52. The number of nitrogens with one attached hydrogen (secondary N) is 1. The maximum Gasteiger partial charge on any atom is 0.192 e. The first-order chi connectivity index (χ1) is 14.8. The van der Waals surface area contributed by atoms with Crippen molar-refractivity contribution in [3.8, 4) is 17.1 Å². The summed E-state index contributed by atoms with van der Waals surface area (Å²) in [5.41, 5.74) is 3.70. The molecule has 2 aromatic heterocycles. The minimum absolute atomic E-state index is 0.194. The average molecular weight is 422 g/mol. The van der Waals surface area contributed by atoms with Crippen LogP contribution in [0, 0.1) is 5.82 Å². The van der Waals surface area contributed by atoms with Crippen molar-refractivity contribution in [2.24, 2.45) is 0 Å². The predicted molar refractivity (Wildman–Crippen MR) is 112 cm³/mol. The zero-order valence-electron chi connectivity index (χ0n) is 16.1. The first kappa shape index (κ1) is 18.0. The summed E-state index contributed by atoms with van der Waals surface area (Å²) >= 11 is 1.57. The maximum atomic E-state index is 14.1. The first-order valence-corrected chi connectivity index (χ1v) is 10.9. The molecule has 6 nitrogen and oxygen atoms in total. The van der Waals surface area contributed by atoms with E-state index in [1.807, 2.05) is 18.3 Å². The number of halogens is 1. The summed E-state index contributed by atoms with van der Waals surface area (Å²) in [5, 5.41) is 11.0. The molecule has 6 rings (SSSR count). The van der Waals surface area contributed by atoms with Gasteiger partial charge in [-0.2, -0.15) is 0 Å². The fraction of sp³-hybridized carbons (Fsp3) is 0.273. The Morgan fingerprint density at radius 2 is 2.10 bits per heavy atom. The number of H-pyrrole nitrogens is 1.